The lowest BCUT2D eigenvalue weighted by atomic mass is 10.1. The van der Waals surface area contributed by atoms with Gasteiger partial charge in [-0.3, -0.25) is 4.79 Å². The molecule has 1 aromatic carbocycles. The second kappa shape index (κ2) is 5.52. The zero-order valence-electron chi connectivity index (χ0n) is 9.83. The lowest BCUT2D eigenvalue weighted by Crippen LogP contribution is -2.25. The van der Waals surface area contributed by atoms with Crippen LogP contribution < -0.4 is 10.1 Å². The number of halogens is 1. The van der Waals surface area contributed by atoms with Gasteiger partial charge in [-0.15, -0.1) is 0 Å². The summed E-state index contributed by atoms with van der Waals surface area (Å²) in [5.41, 5.74) is 0.634. The third-order valence-corrected chi connectivity index (χ3v) is 3.20. The fourth-order valence-electron chi connectivity index (χ4n) is 1.65. The quantitative estimate of drug-likeness (QED) is 0.792. The number of hydrogen-bond acceptors (Lipinski definition) is 3. The average Bonchev–Trinajstić information content (AvgIpc) is 3.13. The molecular formula is C13H16ClNO2. The molecular weight excluding hydrogens is 238 g/mol. The summed E-state index contributed by atoms with van der Waals surface area (Å²) in [6, 6.07) is 5.10. The van der Waals surface area contributed by atoms with E-state index in [2.05, 4.69) is 5.32 Å². The minimum atomic E-state index is 0.0700. The van der Waals surface area contributed by atoms with Crippen LogP contribution in [-0.4, -0.2) is 26.0 Å². The van der Waals surface area contributed by atoms with Crippen molar-refractivity contribution in [3.63, 3.8) is 0 Å². The van der Waals surface area contributed by atoms with Crippen molar-refractivity contribution in [2.75, 3.05) is 20.2 Å². The van der Waals surface area contributed by atoms with Gasteiger partial charge >= 0.3 is 0 Å². The molecule has 17 heavy (non-hydrogen) atoms. The highest BCUT2D eigenvalue weighted by Gasteiger charge is 2.20. The van der Waals surface area contributed by atoms with Crippen LogP contribution in [0.4, 0.5) is 0 Å². The molecule has 0 radical (unpaired) electrons. The lowest BCUT2D eigenvalue weighted by Gasteiger charge is -2.06. The molecule has 0 unspecified atom stereocenters. The lowest BCUT2D eigenvalue weighted by molar-refractivity contribution is 0.0990. The van der Waals surface area contributed by atoms with Crippen LogP contribution in [0.25, 0.3) is 0 Å². The Labute approximate surface area is 106 Å². The first-order valence-electron chi connectivity index (χ1n) is 5.78. The SMILES string of the molecule is COc1cc(C(=O)CNCC2CC2)ccc1Cl. The van der Waals surface area contributed by atoms with Gasteiger partial charge in [-0.25, -0.2) is 0 Å². The molecule has 1 aliphatic rings. The molecule has 2 rings (SSSR count). The Bertz CT molecular complexity index is 416. The van der Waals surface area contributed by atoms with E-state index in [1.165, 1.54) is 12.8 Å². The van der Waals surface area contributed by atoms with E-state index in [0.29, 0.717) is 22.9 Å². The zero-order valence-corrected chi connectivity index (χ0v) is 10.6. The molecule has 1 aliphatic carbocycles. The molecule has 1 N–H and O–H groups in total. The summed E-state index contributed by atoms with van der Waals surface area (Å²) in [5.74, 6) is 1.39. The molecule has 0 spiro atoms. The highest BCUT2D eigenvalue weighted by molar-refractivity contribution is 6.32. The van der Waals surface area contributed by atoms with Crippen molar-refractivity contribution in [3.05, 3.63) is 28.8 Å². The van der Waals surface area contributed by atoms with Crippen LogP contribution in [0.1, 0.15) is 23.2 Å². The molecule has 0 saturated heterocycles. The average molecular weight is 254 g/mol. The van der Waals surface area contributed by atoms with E-state index in [1.54, 1.807) is 25.3 Å². The number of ketones is 1. The second-order valence-electron chi connectivity index (χ2n) is 4.35. The molecule has 0 heterocycles. The molecule has 92 valence electrons. The summed E-state index contributed by atoms with van der Waals surface area (Å²) in [7, 11) is 1.54. The minimum absolute atomic E-state index is 0.0700. The number of methoxy groups -OCH3 is 1. The Morgan fingerprint density at radius 2 is 2.29 bits per heavy atom. The first-order valence-corrected chi connectivity index (χ1v) is 6.16. The van der Waals surface area contributed by atoms with E-state index >= 15 is 0 Å². The van der Waals surface area contributed by atoms with E-state index in [4.69, 9.17) is 16.3 Å². The van der Waals surface area contributed by atoms with Crippen LogP contribution in [0.2, 0.25) is 5.02 Å². The van der Waals surface area contributed by atoms with Crippen molar-refractivity contribution in [3.8, 4) is 5.75 Å². The molecule has 0 bridgehead atoms. The van der Waals surface area contributed by atoms with Crippen LogP contribution in [0.15, 0.2) is 18.2 Å². The van der Waals surface area contributed by atoms with Crippen molar-refractivity contribution in [2.24, 2.45) is 5.92 Å². The smallest absolute Gasteiger partial charge is 0.176 e. The summed E-state index contributed by atoms with van der Waals surface area (Å²) in [6.45, 7) is 1.32. The summed E-state index contributed by atoms with van der Waals surface area (Å²) < 4.78 is 5.08. The Hall–Kier alpha value is -1.06. The van der Waals surface area contributed by atoms with E-state index < -0.39 is 0 Å². The predicted octanol–water partition coefficient (Wildman–Crippen LogP) is 2.53. The number of rotatable bonds is 6. The standard InChI is InChI=1S/C13H16ClNO2/c1-17-13-6-10(4-5-11(13)14)12(16)8-15-7-9-2-3-9/h4-6,9,15H,2-3,7-8H2,1H3. The van der Waals surface area contributed by atoms with Crippen LogP contribution in [0.3, 0.4) is 0 Å². The van der Waals surface area contributed by atoms with Crippen molar-refractivity contribution in [2.45, 2.75) is 12.8 Å². The first kappa shape index (κ1) is 12.4. The monoisotopic (exact) mass is 253 g/mol. The number of benzene rings is 1. The van der Waals surface area contributed by atoms with E-state index in [-0.39, 0.29) is 5.78 Å². The Balaban J connectivity index is 1.92. The number of carbonyl (C=O) groups is 1. The fourth-order valence-corrected chi connectivity index (χ4v) is 1.84. The Morgan fingerprint density at radius 1 is 1.53 bits per heavy atom. The van der Waals surface area contributed by atoms with Gasteiger partial charge in [-0.2, -0.15) is 0 Å². The number of nitrogens with one attached hydrogen (secondary N) is 1. The van der Waals surface area contributed by atoms with Crippen LogP contribution in [0, 0.1) is 5.92 Å². The van der Waals surface area contributed by atoms with Crippen molar-refractivity contribution < 1.29 is 9.53 Å². The van der Waals surface area contributed by atoms with Crippen LogP contribution in [-0.2, 0) is 0 Å². The van der Waals surface area contributed by atoms with E-state index in [0.717, 1.165) is 12.5 Å². The summed E-state index contributed by atoms with van der Waals surface area (Å²) >= 11 is 5.90. The second-order valence-corrected chi connectivity index (χ2v) is 4.75. The van der Waals surface area contributed by atoms with Gasteiger partial charge in [0.25, 0.3) is 0 Å². The predicted molar refractivity (Wildman–Crippen MR) is 67.9 cm³/mol. The zero-order chi connectivity index (χ0) is 12.3. The normalized spacial score (nSPS) is 14.7. The maximum absolute atomic E-state index is 11.9. The summed E-state index contributed by atoms with van der Waals surface area (Å²) in [4.78, 5) is 11.9. The number of ether oxygens (including phenoxy) is 1. The van der Waals surface area contributed by atoms with E-state index in [9.17, 15) is 4.79 Å². The van der Waals surface area contributed by atoms with Gasteiger partial charge in [0.15, 0.2) is 5.78 Å². The van der Waals surface area contributed by atoms with Gasteiger partial charge in [-0.1, -0.05) is 11.6 Å². The maximum Gasteiger partial charge on any atom is 0.176 e. The number of hydrogen-bond donors (Lipinski definition) is 1. The van der Waals surface area contributed by atoms with Gasteiger partial charge in [-0.05, 0) is 43.5 Å². The van der Waals surface area contributed by atoms with Crippen molar-refractivity contribution >= 4 is 17.4 Å². The molecule has 0 aromatic heterocycles. The third kappa shape index (κ3) is 3.45. The molecule has 1 aromatic rings. The topological polar surface area (TPSA) is 38.3 Å². The van der Waals surface area contributed by atoms with Gasteiger partial charge in [0, 0.05) is 5.56 Å². The van der Waals surface area contributed by atoms with Crippen LogP contribution >= 0.6 is 11.6 Å². The minimum Gasteiger partial charge on any atom is -0.495 e. The van der Waals surface area contributed by atoms with Gasteiger partial charge in [0.1, 0.15) is 5.75 Å². The van der Waals surface area contributed by atoms with Gasteiger partial charge in [0.05, 0.1) is 18.7 Å². The molecule has 0 aliphatic heterocycles. The maximum atomic E-state index is 11.9. The summed E-state index contributed by atoms with van der Waals surface area (Å²) in [6.07, 6.45) is 2.58. The summed E-state index contributed by atoms with van der Waals surface area (Å²) in [5, 5.41) is 3.70. The van der Waals surface area contributed by atoms with Gasteiger partial charge < -0.3 is 10.1 Å². The molecule has 3 nitrogen and oxygen atoms in total. The molecule has 4 heteroatoms. The van der Waals surface area contributed by atoms with Crippen LogP contribution in [0.5, 0.6) is 5.75 Å². The Morgan fingerprint density at radius 3 is 2.94 bits per heavy atom. The highest BCUT2D eigenvalue weighted by Crippen LogP contribution is 2.27. The molecule has 1 saturated carbocycles. The van der Waals surface area contributed by atoms with Crippen molar-refractivity contribution in [1.82, 2.24) is 5.32 Å². The van der Waals surface area contributed by atoms with Gasteiger partial charge in [0.2, 0.25) is 0 Å². The fraction of sp³-hybridized carbons (Fsp3) is 0.462. The Kier molecular flexibility index (Phi) is 4.02. The van der Waals surface area contributed by atoms with E-state index in [1.807, 2.05) is 0 Å². The molecule has 0 atom stereocenters. The van der Waals surface area contributed by atoms with Crippen molar-refractivity contribution in [1.29, 1.82) is 0 Å². The number of Topliss-reactive ketones (excluding diaryl/α,β-unsaturated/α-hetero) is 1. The molecule has 0 amide bonds. The number of carbonyl (C=O) groups excluding carboxylic acids is 1. The third-order valence-electron chi connectivity index (χ3n) is 2.89. The first-order chi connectivity index (χ1) is 8.20. The largest absolute Gasteiger partial charge is 0.495 e. The highest BCUT2D eigenvalue weighted by atomic mass is 35.5. The molecule has 1 fully saturated rings.